The molecule has 3 nitrogen and oxygen atoms in total. The summed E-state index contributed by atoms with van der Waals surface area (Å²) < 4.78 is 5.74. The van der Waals surface area contributed by atoms with E-state index in [1.807, 2.05) is 61.5 Å². The Morgan fingerprint density at radius 2 is 1.70 bits per heavy atom. The zero-order valence-electron chi connectivity index (χ0n) is 11.8. The SMILES string of the molecule is Cc1ccccc1OCCC(O)(CN)c1ccccc1. The molecule has 3 N–H and O–H groups in total. The Morgan fingerprint density at radius 1 is 1.05 bits per heavy atom. The Hall–Kier alpha value is -1.84. The zero-order chi connectivity index (χ0) is 14.4. The Labute approximate surface area is 120 Å². The Bertz CT molecular complexity index is 542. The van der Waals surface area contributed by atoms with Crippen molar-refractivity contribution in [2.75, 3.05) is 13.2 Å². The predicted octanol–water partition coefficient (Wildman–Crippen LogP) is 2.61. The van der Waals surface area contributed by atoms with Crippen LogP contribution in [-0.2, 0) is 5.60 Å². The largest absolute Gasteiger partial charge is 0.493 e. The van der Waals surface area contributed by atoms with Gasteiger partial charge in [-0.15, -0.1) is 0 Å². The van der Waals surface area contributed by atoms with Crippen molar-refractivity contribution in [1.29, 1.82) is 0 Å². The molecule has 3 heteroatoms. The molecule has 0 aromatic heterocycles. The van der Waals surface area contributed by atoms with Crippen LogP contribution in [0.4, 0.5) is 0 Å². The third-order valence-corrected chi connectivity index (χ3v) is 3.52. The highest BCUT2D eigenvalue weighted by Gasteiger charge is 2.27. The fourth-order valence-corrected chi connectivity index (χ4v) is 2.16. The quantitative estimate of drug-likeness (QED) is 0.849. The second kappa shape index (κ2) is 6.55. The maximum atomic E-state index is 10.6. The third kappa shape index (κ3) is 3.38. The number of ether oxygens (including phenoxy) is 1. The van der Waals surface area contributed by atoms with Crippen molar-refractivity contribution in [1.82, 2.24) is 0 Å². The zero-order valence-corrected chi connectivity index (χ0v) is 11.8. The topological polar surface area (TPSA) is 55.5 Å². The lowest BCUT2D eigenvalue weighted by Gasteiger charge is -2.27. The van der Waals surface area contributed by atoms with E-state index in [0.29, 0.717) is 13.0 Å². The van der Waals surface area contributed by atoms with Crippen LogP contribution in [0.3, 0.4) is 0 Å². The summed E-state index contributed by atoms with van der Waals surface area (Å²) in [5.41, 5.74) is 6.62. The van der Waals surface area contributed by atoms with Gasteiger partial charge >= 0.3 is 0 Å². The van der Waals surface area contributed by atoms with Gasteiger partial charge < -0.3 is 15.6 Å². The van der Waals surface area contributed by atoms with Crippen LogP contribution < -0.4 is 10.5 Å². The standard InChI is InChI=1S/C17H21NO2/c1-14-7-5-6-10-16(14)20-12-11-17(19,13-18)15-8-3-2-4-9-15/h2-10,19H,11-13,18H2,1H3. The normalized spacial score (nSPS) is 13.8. The minimum atomic E-state index is -1.04. The molecule has 0 saturated heterocycles. The van der Waals surface area contributed by atoms with Gasteiger partial charge in [-0.05, 0) is 24.1 Å². The van der Waals surface area contributed by atoms with Crippen LogP contribution >= 0.6 is 0 Å². The van der Waals surface area contributed by atoms with Crippen molar-refractivity contribution in [3.63, 3.8) is 0 Å². The molecular formula is C17H21NO2. The van der Waals surface area contributed by atoms with Gasteiger partial charge in [0.15, 0.2) is 0 Å². The molecular weight excluding hydrogens is 250 g/mol. The van der Waals surface area contributed by atoms with Crippen LogP contribution in [0.15, 0.2) is 54.6 Å². The summed E-state index contributed by atoms with van der Waals surface area (Å²) in [6.07, 6.45) is 0.460. The second-order valence-corrected chi connectivity index (χ2v) is 4.97. The highest BCUT2D eigenvalue weighted by molar-refractivity contribution is 5.31. The van der Waals surface area contributed by atoms with E-state index in [0.717, 1.165) is 16.9 Å². The Kier molecular flexibility index (Phi) is 4.77. The highest BCUT2D eigenvalue weighted by Crippen LogP contribution is 2.25. The average molecular weight is 271 g/mol. The lowest BCUT2D eigenvalue weighted by molar-refractivity contribution is 0.0232. The van der Waals surface area contributed by atoms with Crippen molar-refractivity contribution in [2.24, 2.45) is 5.73 Å². The molecule has 1 atom stereocenters. The van der Waals surface area contributed by atoms with Crippen LogP contribution in [-0.4, -0.2) is 18.3 Å². The smallest absolute Gasteiger partial charge is 0.122 e. The van der Waals surface area contributed by atoms with Gasteiger partial charge in [0.25, 0.3) is 0 Å². The van der Waals surface area contributed by atoms with Gasteiger partial charge in [-0.25, -0.2) is 0 Å². The molecule has 0 bridgehead atoms. The molecule has 0 spiro atoms. The number of rotatable bonds is 6. The second-order valence-electron chi connectivity index (χ2n) is 4.97. The van der Waals surface area contributed by atoms with Gasteiger partial charge in [0.05, 0.1) is 6.61 Å². The number of benzene rings is 2. The highest BCUT2D eigenvalue weighted by atomic mass is 16.5. The van der Waals surface area contributed by atoms with E-state index in [-0.39, 0.29) is 6.54 Å². The third-order valence-electron chi connectivity index (χ3n) is 3.52. The number of nitrogens with two attached hydrogens (primary N) is 1. The maximum absolute atomic E-state index is 10.6. The van der Waals surface area contributed by atoms with Gasteiger partial charge in [-0.1, -0.05) is 48.5 Å². The number of aliphatic hydroxyl groups is 1. The van der Waals surface area contributed by atoms with Crippen LogP contribution in [0.1, 0.15) is 17.5 Å². The first kappa shape index (κ1) is 14.6. The Balaban J connectivity index is 2.00. The van der Waals surface area contributed by atoms with Crippen molar-refractivity contribution in [3.8, 4) is 5.75 Å². The molecule has 0 heterocycles. The molecule has 0 aliphatic rings. The number of para-hydroxylation sites is 1. The molecule has 2 aromatic rings. The number of aryl methyl sites for hydroxylation is 1. The van der Waals surface area contributed by atoms with Gasteiger partial charge in [0.1, 0.15) is 11.4 Å². The molecule has 0 amide bonds. The molecule has 20 heavy (non-hydrogen) atoms. The number of hydrogen-bond acceptors (Lipinski definition) is 3. The lowest BCUT2D eigenvalue weighted by Crippen LogP contribution is -2.36. The average Bonchev–Trinajstić information content (AvgIpc) is 2.50. The summed E-state index contributed by atoms with van der Waals surface area (Å²) in [7, 11) is 0. The first-order valence-electron chi connectivity index (χ1n) is 6.82. The van der Waals surface area contributed by atoms with Gasteiger partial charge in [0.2, 0.25) is 0 Å². The minimum Gasteiger partial charge on any atom is -0.493 e. The van der Waals surface area contributed by atoms with Crippen LogP contribution in [0.25, 0.3) is 0 Å². The minimum absolute atomic E-state index is 0.175. The van der Waals surface area contributed by atoms with Crippen LogP contribution in [0.2, 0.25) is 0 Å². The summed E-state index contributed by atoms with van der Waals surface area (Å²) in [4.78, 5) is 0. The molecule has 0 fully saturated rings. The van der Waals surface area contributed by atoms with E-state index in [1.165, 1.54) is 0 Å². The van der Waals surface area contributed by atoms with E-state index in [2.05, 4.69) is 0 Å². The van der Waals surface area contributed by atoms with Crippen molar-refractivity contribution >= 4 is 0 Å². The van der Waals surface area contributed by atoms with Crippen molar-refractivity contribution < 1.29 is 9.84 Å². The summed E-state index contributed by atoms with van der Waals surface area (Å²) in [5, 5.41) is 10.6. The van der Waals surface area contributed by atoms with E-state index < -0.39 is 5.60 Å². The van der Waals surface area contributed by atoms with Gasteiger partial charge in [0, 0.05) is 13.0 Å². The molecule has 1 unspecified atom stereocenters. The van der Waals surface area contributed by atoms with Gasteiger partial charge in [-0.2, -0.15) is 0 Å². The molecule has 0 aliphatic carbocycles. The molecule has 0 radical (unpaired) electrons. The van der Waals surface area contributed by atoms with E-state index in [1.54, 1.807) is 0 Å². The summed E-state index contributed by atoms with van der Waals surface area (Å²) in [5.74, 6) is 0.847. The fraction of sp³-hybridized carbons (Fsp3) is 0.294. The molecule has 0 saturated carbocycles. The van der Waals surface area contributed by atoms with Crippen LogP contribution in [0, 0.1) is 6.92 Å². The first-order valence-corrected chi connectivity index (χ1v) is 6.82. The maximum Gasteiger partial charge on any atom is 0.122 e. The first-order chi connectivity index (χ1) is 9.65. The molecule has 106 valence electrons. The van der Waals surface area contributed by atoms with Crippen molar-refractivity contribution in [3.05, 3.63) is 65.7 Å². The van der Waals surface area contributed by atoms with E-state index in [9.17, 15) is 5.11 Å². The lowest BCUT2D eigenvalue weighted by atomic mass is 9.91. The van der Waals surface area contributed by atoms with E-state index >= 15 is 0 Å². The van der Waals surface area contributed by atoms with Crippen molar-refractivity contribution in [2.45, 2.75) is 18.9 Å². The van der Waals surface area contributed by atoms with Gasteiger partial charge in [-0.3, -0.25) is 0 Å². The van der Waals surface area contributed by atoms with Crippen LogP contribution in [0.5, 0.6) is 5.75 Å². The monoisotopic (exact) mass is 271 g/mol. The summed E-state index contributed by atoms with van der Waals surface area (Å²) >= 11 is 0. The fourth-order valence-electron chi connectivity index (χ4n) is 2.16. The summed E-state index contributed by atoms with van der Waals surface area (Å²) in [6.45, 7) is 2.60. The molecule has 2 rings (SSSR count). The number of hydrogen-bond donors (Lipinski definition) is 2. The molecule has 0 aliphatic heterocycles. The summed E-state index contributed by atoms with van der Waals surface area (Å²) in [6, 6.07) is 17.3. The van der Waals surface area contributed by atoms with E-state index in [4.69, 9.17) is 10.5 Å². The molecule has 2 aromatic carbocycles. The predicted molar refractivity (Wildman–Crippen MR) is 80.7 cm³/mol. The Morgan fingerprint density at radius 3 is 2.35 bits per heavy atom.